The summed E-state index contributed by atoms with van der Waals surface area (Å²) in [6.45, 7) is 5.81. The number of para-hydroxylation sites is 1. The molecule has 0 aliphatic heterocycles. The van der Waals surface area contributed by atoms with Gasteiger partial charge in [0.1, 0.15) is 11.6 Å². The zero-order valence-electron chi connectivity index (χ0n) is 20.3. The zero-order valence-corrected chi connectivity index (χ0v) is 20.3. The molecule has 6 rings (SSSR count). The standard InChI is InChI=1S/C31H23N5/c1-19-8-4-5-9-25(19)22-12-14-28-27-10-6-7-11-29(27)36(30(28)17-22)24-13-15-26(23(16-24)18-32)31-34-20(2)33-21(3)35-31/h4-17H,1-3H3. The van der Waals surface area contributed by atoms with Gasteiger partial charge in [-0.25, -0.2) is 15.0 Å². The summed E-state index contributed by atoms with van der Waals surface area (Å²) in [5.41, 5.74) is 7.96. The first-order chi connectivity index (χ1) is 17.5. The Morgan fingerprint density at radius 3 is 2.17 bits per heavy atom. The van der Waals surface area contributed by atoms with Gasteiger partial charge in [0.25, 0.3) is 0 Å². The van der Waals surface area contributed by atoms with Gasteiger partial charge < -0.3 is 4.57 Å². The molecule has 36 heavy (non-hydrogen) atoms. The van der Waals surface area contributed by atoms with E-state index < -0.39 is 0 Å². The number of aromatic nitrogens is 4. The molecule has 2 aromatic heterocycles. The van der Waals surface area contributed by atoms with E-state index in [1.807, 2.05) is 32.0 Å². The van der Waals surface area contributed by atoms with Gasteiger partial charge in [-0.3, -0.25) is 0 Å². The van der Waals surface area contributed by atoms with Gasteiger partial charge in [-0.05, 0) is 67.8 Å². The summed E-state index contributed by atoms with van der Waals surface area (Å²) in [6, 6.07) is 31.7. The molecule has 6 aromatic rings. The van der Waals surface area contributed by atoms with Crippen LogP contribution in [-0.2, 0) is 0 Å². The molecule has 172 valence electrons. The summed E-state index contributed by atoms with van der Waals surface area (Å²) in [4.78, 5) is 13.2. The Morgan fingerprint density at radius 1 is 0.667 bits per heavy atom. The van der Waals surface area contributed by atoms with Crippen molar-refractivity contribution >= 4 is 21.8 Å². The van der Waals surface area contributed by atoms with Gasteiger partial charge in [-0.15, -0.1) is 0 Å². The Hall–Kier alpha value is -4.82. The van der Waals surface area contributed by atoms with E-state index in [0.29, 0.717) is 28.6 Å². The Bertz CT molecular complexity index is 1820. The molecule has 0 unspecified atom stereocenters. The molecule has 0 amide bonds. The van der Waals surface area contributed by atoms with E-state index in [9.17, 15) is 5.26 Å². The molecule has 0 spiro atoms. The van der Waals surface area contributed by atoms with E-state index >= 15 is 0 Å². The molecule has 0 bridgehead atoms. The van der Waals surface area contributed by atoms with Gasteiger partial charge in [-0.2, -0.15) is 5.26 Å². The molecule has 0 saturated carbocycles. The number of hydrogen-bond acceptors (Lipinski definition) is 4. The van der Waals surface area contributed by atoms with Crippen molar-refractivity contribution in [3.05, 3.63) is 108 Å². The quantitative estimate of drug-likeness (QED) is 0.280. The fraction of sp³-hybridized carbons (Fsp3) is 0.0968. The third-order valence-electron chi connectivity index (χ3n) is 6.61. The number of aryl methyl sites for hydroxylation is 3. The second-order valence-electron chi connectivity index (χ2n) is 8.99. The first-order valence-electron chi connectivity index (χ1n) is 11.9. The van der Waals surface area contributed by atoms with Crippen LogP contribution in [0.5, 0.6) is 0 Å². The van der Waals surface area contributed by atoms with Crippen LogP contribution in [0.25, 0.3) is 50.0 Å². The number of nitriles is 1. The molecule has 4 aromatic carbocycles. The summed E-state index contributed by atoms with van der Waals surface area (Å²) >= 11 is 0. The Morgan fingerprint density at radius 2 is 1.39 bits per heavy atom. The minimum Gasteiger partial charge on any atom is -0.309 e. The summed E-state index contributed by atoms with van der Waals surface area (Å²) in [6.07, 6.45) is 0. The maximum atomic E-state index is 10.1. The minimum atomic E-state index is 0.521. The molecule has 2 heterocycles. The van der Waals surface area contributed by atoms with Crippen LogP contribution in [0.1, 0.15) is 22.8 Å². The highest BCUT2D eigenvalue weighted by Crippen LogP contribution is 2.36. The molecule has 0 atom stereocenters. The van der Waals surface area contributed by atoms with E-state index in [2.05, 4.69) is 99.2 Å². The van der Waals surface area contributed by atoms with Gasteiger partial charge in [-0.1, -0.05) is 54.6 Å². The summed E-state index contributed by atoms with van der Waals surface area (Å²) in [5, 5.41) is 12.4. The molecule has 0 fully saturated rings. The predicted octanol–water partition coefficient (Wildman–Crippen LogP) is 7.10. The van der Waals surface area contributed by atoms with Crippen LogP contribution in [0.15, 0.2) is 84.9 Å². The Labute approximate surface area is 209 Å². The van der Waals surface area contributed by atoms with E-state index in [-0.39, 0.29) is 0 Å². The Balaban J connectivity index is 1.61. The van der Waals surface area contributed by atoms with Gasteiger partial charge in [0.15, 0.2) is 5.82 Å². The van der Waals surface area contributed by atoms with Crippen molar-refractivity contribution in [2.45, 2.75) is 20.8 Å². The van der Waals surface area contributed by atoms with Crippen LogP contribution in [0.2, 0.25) is 0 Å². The van der Waals surface area contributed by atoms with Crippen LogP contribution < -0.4 is 0 Å². The second kappa shape index (κ2) is 8.44. The molecule has 5 heteroatoms. The molecule has 0 aliphatic carbocycles. The molecular weight excluding hydrogens is 442 g/mol. The van der Waals surface area contributed by atoms with Gasteiger partial charge in [0.2, 0.25) is 0 Å². The van der Waals surface area contributed by atoms with Crippen LogP contribution in [0.4, 0.5) is 0 Å². The van der Waals surface area contributed by atoms with Crippen LogP contribution >= 0.6 is 0 Å². The lowest BCUT2D eigenvalue weighted by atomic mass is 9.99. The number of nitrogens with zero attached hydrogens (tertiary/aromatic N) is 5. The van der Waals surface area contributed by atoms with Gasteiger partial charge in [0.05, 0.1) is 22.7 Å². The molecule has 0 radical (unpaired) electrons. The van der Waals surface area contributed by atoms with Crippen molar-refractivity contribution in [1.82, 2.24) is 19.5 Å². The number of hydrogen-bond donors (Lipinski definition) is 0. The SMILES string of the molecule is Cc1nc(C)nc(-c2ccc(-n3c4ccccc4c4ccc(-c5ccccc5C)cc43)cc2C#N)n1. The summed E-state index contributed by atoms with van der Waals surface area (Å²) in [5.74, 6) is 1.79. The first-order valence-corrected chi connectivity index (χ1v) is 11.9. The van der Waals surface area contributed by atoms with Crippen molar-refractivity contribution in [2.75, 3.05) is 0 Å². The average Bonchev–Trinajstić information content (AvgIpc) is 3.21. The van der Waals surface area contributed by atoms with Crippen LogP contribution in [0.3, 0.4) is 0 Å². The minimum absolute atomic E-state index is 0.521. The molecule has 5 nitrogen and oxygen atoms in total. The number of rotatable bonds is 3. The molecule has 0 saturated heterocycles. The number of fused-ring (bicyclic) bond motifs is 3. The van der Waals surface area contributed by atoms with Crippen molar-refractivity contribution in [3.63, 3.8) is 0 Å². The van der Waals surface area contributed by atoms with E-state index in [1.165, 1.54) is 21.9 Å². The fourth-order valence-corrected chi connectivity index (χ4v) is 5.01. The van der Waals surface area contributed by atoms with Crippen molar-refractivity contribution < 1.29 is 0 Å². The van der Waals surface area contributed by atoms with E-state index in [4.69, 9.17) is 0 Å². The van der Waals surface area contributed by atoms with Crippen LogP contribution in [0, 0.1) is 32.1 Å². The topological polar surface area (TPSA) is 67.4 Å². The maximum Gasteiger partial charge on any atom is 0.164 e. The van der Waals surface area contributed by atoms with Crippen LogP contribution in [-0.4, -0.2) is 19.5 Å². The fourth-order valence-electron chi connectivity index (χ4n) is 5.01. The average molecular weight is 466 g/mol. The zero-order chi connectivity index (χ0) is 24.8. The largest absolute Gasteiger partial charge is 0.309 e. The maximum absolute atomic E-state index is 10.1. The van der Waals surface area contributed by atoms with E-state index in [1.54, 1.807) is 0 Å². The third kappa shape index (κ3) is 3.52. The number of benzene rings is 4. The third-order valence-corrected chi connectivity index (χ3v) is 6.61. The van der Waals surface area contributed by atoms with Crippen molar-refractivity contribution in [2.24, 2.45) is 0 Å². The molecule has 0 N–H and O–H groups in total. The smallest absolute Gasteiger partial charge is 0.164 e. The van der Waals surface area contributed by atoms with E-state index in [0.717, 1.165) is 22.3 Å². The lowest BCUT2D eigenvalue weighted by Gasteiger charge is -2.12. The normalized spacial score (nSPS) is 11.2. The highest BCUT2D eigenvalue weighted by Gasteiger charge is 2.16. The van der Waals surface area contributed by atoms with Gasteiger partial charge >= 0.3 is 0 Å². The highest BCUT2D eigenvalue weighted by atomic mass is 15.0. The monoisotopic (exact) mass is 465 g/mol. The Kier molecular flexibility index (Phi) is 5.09. The second-order valence-corrected chi connectivity index (χ2v) is 8.99. The summed E-state index contributed by atoms with van der Waals surface area (Å²) in [7, 11) is 0. The summed E-state index contributed by atoms with van der Waals surface area (Å²) < 4.78 is 2.24. The van der Waals surface area contributed by atoms with Gasteiger partial charge in [0, 0.05) is 22.0 Å². The predicted molar refractivity (Wildman–Crippen MR) is 144 cm³/mol. The molecular formula is C31H23N5. The lowest BCUT2D eigenvalue weighted by Crippen LogP contribution is -2.01. The van der Waals surface area contributed by atoms with Crippen molar-refractivity contribution in [3.8, 4) is 34.3 Å². The highest BCUT2D eigenvalue weighted by molar-refractivity contribution is 6.10. The first kappa shape index (κ1) is 21.7. The van der Waals surface area contributed by atoms with Crippen molar-refractivity contribution in [1.29, 1.82) is 5.26 Å². The lowest BCUT2D eigenvalue weighted by molar-refractivity contribution is 0.928. The molecule has 0 aliphatic rings.